The van der Waals surface area contributed by atoms with Gasteiger partial charge in [-0.05, 0) is 56.1 Å². The van der Waals surface area contributed by atoms with E-state index < -0.39 is 5.54 Å². The maximum Gasteiger partial charge on any atom is 0.246 e. The first kappa shape index (κ1) is 20.0. The van der Waals surface area contributed by atoms with Gasteiger partial charge in [0.15, 0.2) is 0 Å². The number of amides is 1. The smallest absolute Gasteiger partial charge is 0.246 e. The number of nitrogens with one attached hydrogen (secondary N) is 1. The molecule has 1 aromatic carbocycles. The average molecular weight is 414 g/mol. The maximum atomic E-state index is 13.2. The predicted molar refractivity (Wildman–Crippen MR) is 110 cm³/mol. The molecule has 1 saturated heterocycles. The highest BCUT2D eigenvalue weighted by molar-refractivity contribution is 5.83. The molecular formula is C24H31NO5. The Morgan fingerprint density at radius 1 is 1.03 bits per heavy atom. The van der Waals surface area contributed by atoms with Gasteiger partial charge in [-0.1, -0.05) is 18.2 Å². The van der Waals surface area contributed by atoms with E-state index in [0.717, 1.165) is 44.3 Å². The number of morpholine rings is 1. The highest BCUT2D eigenvalue weighted by atomic mass is 16.5. The molecule has 3 unspecified atom stereocenters. The number of carbonyl (C=O) groups is 2. The fourth-order valence-electron chi connectivity index (χ4n) is 6.03. The molecule has 1 aromatic rings. The number of fused-ring (bicyclic) bond motifs is 6. The van der Waals surface area contributed by atoms with Gasteiger partial charge in [-0.3, -0.25) is 9.59 Å². The molecule has 5 aliphatic rings. The maximum absolute atomic E-state index is 13.2. The van der Waals surface area contributed by atoms with Gasteiger partial charge in [0.2, 0.25) is 5.91 Å². The third kappa shape index (κ3) is 3.76. The number of ether oxygens (including phenoxy) is 3. The number of carbonyl (C=O) groups excluding carboxylic acids is 2. The van der Waals surface area contributed by atoms with Crippen LogP contribution in [-0.2, 0) is 19.1 Å². The number of benzene rings is 1. The SMILES string of the molecule is O=C1COCC2(CCC3C(=O)CCOc4ccccc4C4CCC(CC4)OCC32)N1. The first-order chi connectivity index (χ1) is 14.6. The largest absolute Gasteiger partial charge is 0.493 e. The molecule has 30 heavy (non-hydrogen) atoms. The number of rotatable bonds is 0. The number of Topliss-reactive ketones (excluding diaryl/α,β-unsaturated/α-hetero) is 1. The molecule has 2 saturated carbocycles. The van der Waals surface area contributed by atoms with Crippen LogP contribution in [-0.4, -0.2) is 49.8 Å². The van der Waals surface area contributed by atoms with Crippen molar-refractivity contribution < 1.29 is 23.8 Å². The normalized spacial score (nSPS) is 37.1. The minimum Gasteiger partial charge on any atom is -0.493 e. The molecule has 6 heteroatoms. The predicted octanol–water partition coefficient (Wildman–Crippen LogP) is 2.99. The van der Waals surface area contributed by atoms with Crippen molar-refractivity contribution in [3.63, 3.8) is 0 Å². The quantitative estimate of drug-likeness (QED) is 0.708. The first-order valence-electron chi connectivity index (χ1n) is 11.4. The summed E-state index contributed by atoms with van der Waals surface area (Å²) in [4.78, 5) is 25.3. The number of para-hydroxylation sites is 1. The van der Waals surface area contributed by atoms with E-state index >= 15 is 0 Å². The van der Waals surface area contributed by atoms with Crippen molar-refractivity contribution in [1.82, 2.24) is 5.32 Å². The Morgan fingerprint density at radius 3 is 2.70 bits per heavy atom. The van der Waals surface area contributed by atoms with E-state index in [0.29, 0.717) is 32.2 Å². The Balaban J connectivity index is 1.40. The van der Waals surface area contributed by atoms with Crippen molar-refractivity contribution in [1.29, 1.82) is 0 Å². The number of ketones is 1. The molecule has 162 valence electrons. The van der Waals surface area contributed by atoms with Gasteiger partial charge in [-0.15, -0.1) is 0 Å². The lowest BCUT2D eigenvalue weighted by Gasteiger charge is -2.41. The molecule has 1 N–H and O–H groups in total. The summed E-state index contributed by atoms with van der Waals surface area (Å²) >= 11 is 0. The Morgan fingerprint density at radius 2 is 1.87 bits per heavy atom. The summed E-state index contributed by atoms with van der Waals surface area (Å²) in [5.41, 5.74) is 0.789. The van der Waals surface area contributed by atoms with Gasteiger partial charge in [0.05, 0.1) is 31.5 Å². The van der Waals surface area contributed by atoms with Gasteiger partial charge in [0.1, 0.15) is 18.1 Å². The summed E-state index contributed by atoms with van der Waals surface area (Å²) in [6.07, 6.45) is 6.33. The van der Waals surface area contributed by atoms with Crippen LogP contribution in [0.1, 0.15) is 56.4 Å². The highest BCUT2D eigenvalue weighted by Crippen LogP contribution is 2.44. The second-order valence-corrected chi connectivity index (χ2v) is 9.36. The van der Waals surface area contributed by atoms with Crippen LogP contribution >= 0.6 is 0 Å². The third-order valence-electron chi connectivity index (χ3n) is 7.64. The van der Waals surface area contributed by atoms with Crippen LogP contribution in [0.25, 0.3) is 0 Å². The zero-order valence-corrected chi connectivity index (χ0v) is 17.4. The monoisotopic (exact) mass is 413 g/mol. The van der Waals surface area contributed by atoms with E-state index in [1.54, 1.807) is 0 Å². The lowest BCUT2D eigenvalue weighted by molar-refractivity contribution is -0.141. The standard InChI is InChI=1S/C24H31NO5/c26-21-10-12-29-22-4-2-1-3-18(22)16-5-7-17(8-6-16)30-13-20-19(21)9-11-24(20)15-28-14-23(27)25-24/h1-4,16-17,19-20H,5-15H2,(H,25,27). The summed E-state index contributed by atoms with van der Waals surface area (Å²) in [5.74, 6) is 1.36. The Labute approximate surface area is 177 Å². The molecule has 3 fully saturated rings. The van der Waals surface area contributed by atoms with Crippen LogP contribution in [0.15, 0.2) is 24.3 Å². The molecule has 6 nitrogen and oxygen atoms in total. The summed E-state index contributed by atoms with van der Waals surface area (Å²) < 4.78 is 18.1. The van der Waals surface area contributed by atoms with E-state index in [1.807, 2.05) is 12.1 Å². The van der Waals surface area contributed by atoms with E-state index in [4.69, 9.17) is 14.2 Å². The van der Waals surface area contributed by atoms with Crippen molar-refractivity contribution in [2.45, 2.75) is 62.5 Å². The topological polar surface area (TPSA) is 73.9 Å². The van der Waals surface area contributed by atoms with Crippen molar-refractivity contribution in [2.24, 2.45) is 11.8 Å². The lowest BCUT2D eigenvalue weighted by atomic mass is 9.80. The van der Waals surface area contributed by atoms with Crippen LogP contribution in [0.3, 0.4) is 0 Å². The van der Waals surface area contributed by atoms with E-state index in [9.17, 15) is 9.59 Å². The molecule has 3 atom stereocenters. The molecule has 0 aromatic heterocycles. The third-order valence-corrected chi connectivity index (χ3v) is 7.64. The van der Waals surface area contributed by atoms with Gasteiger partial charge in [0.25, 0.3) is 0 Å². The molecule has 0 radical (unpaired) electrons. The zero-order valence-electron chi connectivity index (χ0n) is 17.4. The molecule has 1 spiro atoms. The minimum atomic E-state index is -0.475. The van der Waals surface area contributed by atoms with Crippen LogP contribution < -0.4 is 10.1 Å². The molecule has 2 bridgehead atoms. The van der Waals surface area contributed by atoms with Gasteiger partial charge in [-0.2, -0.15) is 0 Å². The lowest BCUT2D eigenvalue weighted by Crippen LogP contribution is -2.61. The van der Waals surface area contributed by atoms with Crippen LogP contribution in [0.5, 0.6) is 5.75 Å². The summed E-state index contributed by atoms with van der Waals surface area (Å²) in [7, 11) is 0. The molecule has 2 aliphatic carbocycles. The second-order valence-electron chi connectivity index (χ2n) is 9.36. The molecule has 3 heterocycles. The molecule has 3 aliphatic heterocycles. The fourth-order valence-corrected chi connectivity index (χ4v) is 6.03. The number of hydrogen-bond donors (Lipinski definition) is 1. The van der Waals surface area contributed by atoms with E-state index in [-0.39, 0.29) is 36.2 Å². The minimum absolute atomic E-state index is 0.0396. The zero-order chi connectivity index (χ0) is 20.6. The van der Waals surface area contributed by atoms with Gasteiger partial charge >= 0.3 is 0 Å². The number of hydrogen-bond acceptors (Lipinski definition) is 5. The van der Waals surface area contributed by atoms with Gasteiger partial charge < -0.3 is 19.5 Å². The van der Waals surface area contributed by atoms with Crippen LogP contribution in [0.4, 0.5) is 0 Å². The van der Waals surface area contributed by atoms with Crippen molar-refractivity contribution >= 4 is 11.7 Å². The van der Waals surface area contributed by atoms with Crippen LogP contribution in [0.2, 0.25) is 0 Å². The highest BCUT2D eigenvalue weighted by Gasteiger charge is 2.53. The second kappa shape index (κ2) is 8.31. The fraction of sp³-hybridized carbons (Fsp3) is 0.667. The summed E-state index contributed by atoms with van der Waals surface area (Å²) in [6.45, 7) is 1.47. The molecule has 1 amide bonds. The average Bonchev–Trinajstić information content (AvgIpc) is 3.09. The molecule has 6 rings (SSSR count). The summed E-state index contributed by atoms with van der Waals surface area (Å²) in [5, 5.41) is 3.17. The van der Waals surface area contributed by atoms with E-state index in [1.165, 1.54) is 5.56 Å². The van der Waals surface area contributed by atoms with Gasteiger partial charge in [0, 0.05) is 18.3 Å². The molecular weight excluding hydrogens is 382 g/mol. The van der Waals surface area contributed by atoms with Crippen molar-refractivity contribution in [2.75, 3.05) is 26.4 Å². The first-order valence-corrected chi connectivity index (χ1v) is 11.4. The Bertz CT molecular complexity index is 803. The van der Waals surface area contributed by atoms with E-state index in [2.05, 4.69) is 17.4 Å². The summed E-state index contributed by atoms with van der Waals surface area (Å²) in [6, 6.07) is 8.26. The van der Waals surface area contributed by atoms with Crippen molar-refractivity contribution in [3.8, 4) is 5.75 Å². The Kier molecular flexibility index (Phi) is 5.54. The van der Waals surface area contributed by atoms with Crippen molar-refractivity contribution in [3.05, 3.63) is 29.8 Å². The van der Waals surface area contributed by atoms with Gasteiger partial charge in [-0.25, -0.2) is 0 Å². The van der Waals surface area contributed by atoms with Crippen LogP contribution in [0, 0.1) is 11.8 Å². The Hall–Kier alpha value is -1.92.